The molecule has 0 saturated carbocycles. The molecule has 8 heteroatoms. The van der Waals surface area contributed by atoms with Crippen LogP contribution in [0.25, 0.3) is 11.8 Å². The average Bonchev–Trinajstić information content (AvgIpc) is 3.12. The van der Waals surface area contributed by atoms with Gasteiger partial charge in [-0.1, -0.05) is 35.0 Å². The number of amides is 1. The molecule has 0 aliphatic carbocycles. The van der Waals surface area contributed by atoms with Crippen LogP contribution in [0.1, 0.15) is 23.9 Å². The quantitative estimate of drug-likeness (QED) is 0.633. The van der Waals surface area contributed by atoms with E-state index in [2.05, 4.69) is 4.99 Å². The first kappa shape index (κ1) is 19.1. The summed E-state index contributed by atoms with van der Waals surface area (Å²) in [5.74, 6) is -0.260. The lowest BCUT2D eigenvalue weighted by atomic mass is 10.1. The Bertz CT molecular complexity index is 1140. The van der Waals surface area contributed by atoms with Crippen molar-refractivity contribution in [2.45, 2.75) is 20.8 Å². The molecule has 1 amide bonds. The van der Waals surface area contributed by atoms with Gasteiger partial charge in [-0.15, -0.1) is 0 Å². The van der Waals surface area contributed by atoms with Gasteiger partial charge in [0.15, 0.2) is 5.17 Å². The number of halogens is 2. The van der Waals surface area contributed by atoms with Crippen LogP contribution in [0.15, 0.2) is 45.9 Å². The van der Waals surface area contributed by atoms with Gasteiger partial charge < -0.3 is 4.57 Å². The third-order valence-corrected chi connectivity index (χ3v) is 6.19. The van der Waals surface area contributed by atoms with Gasteiger partial charge in [0.25, 0.3) is 5.91 Å². The van der Waals surface area contributed by atoms with Gasteiger partial charge >= 0.3 is 0 Å². The summed E-state index contributed by atoms with van der Waals surface area (Å²) in [6.07, 6.45) is 1.73. The first-order valence-corrected chi connectivity index (χ1v) is 10.1. The van der Waals surface area contributed by atoms with Crippen LogP contribution in [0.3, 0.4) is 0 Å². The summed E-state index contributed by atoms with van der Waals surface area (Å²) in [6.45, 7) is 5.81. The molecule has 3 heterocycles. The van der Waals surface area contributed by atoms with Crippen molar-refractivity contribution in [3.63, 3.8) is 0 Å². The summed E-state index contributed by atoms with van der Waals surface area (Å²) in [7, 11) is 0. The van der Waals surface area contributed by atoms with Gasteiger partial charge in [0, 0.05) is 22.1 Å². The number of amidine groups is 2. The van der Waals surface area contributed by atoms with Crippen molar-refractivity contribution in [2.24, 2.45) is 4.99 Å². The Labute approximate surface area is 176 Å². The smallest absolute Gasteiger partial charge is 0.283 e. The molecule has 2 aromatic rings. The van der Waals surface area contributed by atoms with Crippen LogP contribution in [0.4, 0.5) is 0 Å². The van der Waals surface area contributed by atoms with Gasteiger partial charge in [-0.2, -0.15) is 4.99 Å². The SMILES string of the molecule is CC1=CSC2=NC(=O)/C(=C/c3cc(C)n(-c4ccc(Cl)cc4Cl)c3C)C(=N)N12. The molecule has 0 atom stereocenters. The summed E-state index contributed by atoms with van der Waals surface area (Å²) in [4.78, 5) is 18.3. The van der Waals surface area contributed by atoms with E-state index in [1.807, 2.05) is 42.9 Å². The zero-order chi connectivity index (χ0) is 20.2. The van der Waals surface area contributed by atoms with Crippen LogP contribution < -0.4 is 0 Å². The molecule has 5 nitrogen and oxygen atoms in total. The van der Waals surface area contributed by atoms with Crippen molar-refractivity contribution < 1.29 is 4.79 Å². The predicted octanol–water partition coefficient (Wildman–Crippen LogP) is 5.57. The number of carbonyl (C=O) groups excluding carboxylic acids is 1. The Hall–Kier alpha value is -2.28. The van der Waals surface area contributed by atoms with E-state index in [9.17, 15) is 4.79 Å². The summed E-state index contributed by atoms with van der Waals surface area (Å²) in [5, 5.41) is 12.0. The van der Waals surface area contributed by atoms with Gasteiger partial charge in [-0.25, -0.2) is 0 Å². The molecule has 28 heavy (non-hydrogen) atoms. The number of aryl methyl sites for hydroxylation is 1. The molecular weight excluding hydrogens is 415 g/mol. The molecule has 0 unspecified atom stereocenters. The van der Waals surface area contributed by atoms with E-state index >= 15 is 0 Å². The minimum Gasteiger partial charge on any atom is -0.316 e. The van der Waals surface area contributed by atoms with Crippen LogP contribution in [0.5, 0.6) is 0 Å². The van der Waals surface area contributed by atoms with Gasteiger partial charge in [0.05, 0.1) is 16.3 Å². The molecule has 142 valence electrons. The van der Waals surface area contributed by atoms with Gasteiger partial charge in [-0.3, -0.25) is 15.1 Å². The zero-order valence-corrected chi connectivity index (χ0v) is 17.7. The Balaban J connectivity index is 1.80. The van der Waals surface area contributed by atoms with Crippen molar-refractivity contribution >= 4 is 58.0 Å². The van der Waals surface area contributed by atoms with Crippen molar-refractivity contribution in [3.8, 4) is 5.69 Å². The van der Waals surface area contributed by atoms with Crippen LogP contribution in [0, 0.1) is 19.3 Å². The lowest BCUT2D eigenvalue weighted by Gasteiger charge is -2.25. The fourth-order valence-electron chi connectivity index (χ4n) is 3.36. The highest BCUT2D eigenvalue weighted by molar-refractivity contribution is 8.16. The maximum absolute atomic E-state index is 12.5. The molecule has 0 bridgehead atoms. The third-order valence-electron chi connectivity index (χ3n) is 4.71. The number of hydrogen-bond acceptors (Lipinski definition) is 3. The molecule has 1 aromatic carbocycles. The monoisotopic (exact) mass is 430 g/mol. The maximum atomic E-state index is 12.5. The highest BCUT2D eigenvalue weighted by atomic mass is 35.5. The number of allylic oxidation sites excluding steroid dienone is 1. The number of benzene rings is 1. The lowest BCUT2D eigenvalue weighted by Crippen LogP contribution is -2.37. The molecule has 4 rings (SSSR count). The number of carbonyl (C=O) groups is 1. The third kappa shape index (κ3) is 3.02. The second-order valence-electron chi connectivity index (χ2n) is 6.58. The van der Waals surface area contributed by atoms with Crippen molar-refractivity contribution in [2.75, 3.05) is 0 Å². The number of hydrogen-bond donors (Lipinski definition) is 1. The van der Waals surface area contributed by atoms with E-state index in [0.29, 0.717) is 15.2 Å². The first-order chi connectivity index (χ1) is 13.3. The van der Waals surface area contributed by atoms with E-state index in [4.69, 9.17) is 28.6 Å². The number of rotatable bonds is 2. The Morgan fingerprint density at radius 3 is 2.64 bits per heavy atom. The number of aliphatic imine (C=N–C) groups is 1. The van der Waals surface area contributed by atoms with E-state index in [1.165, 1.54) is 11.8 Å². The molecule has 1 N–H and O–H groups in total. The second kappa shape index (κ2) is 6.95. The first-order valence-electron chi connectivity index (χ1n) is 8.49. The fraction of sp³-hybridized carbons (Fsp3) is 0.150. The van der Waals surface area contributed by atoms with Gasteiger partial charge in [0.1, 0.15) is 5.84 Å². The van der Waals surface area contributed by atoms with Gasteiger partial charge in [-0.05, 0) is 62.1 Å². The van der Waals surface area contributed by atoms with E-state index in [-0.39, 0.29) is 11.4 Å². The number of nitrogens with zero attached hydrogens (tertiary/aromatic N) is 3. The standard InChI is InChI=1S/C20H16Cl2N4OS/c1-10-6-13(12(3)25(10)17-5-4-14(21)8-16(17)22)7-15-18(23)26-11(2)9-28-20(26)24-19(15)27/h4-9,23H,1-3H3/b15-7+,23-18?. The maximum Gasteiger partial charge on any atom is 0.283 e. The molecule has 2 aliphatic rings. The Kier molecular flexibility index (Phi) is 4.73. The summed E-state index contributed by atoms with van der Waals surface area (Å²) in [6, 6.07) is 7.32. The Morgan fingerprint density at radius 2 is 1.93 bits per heavy atom. The summed E-state index contributed by atoms with van der Waals surface area (Å²) in [5.41, 5.74) is 4.66. The van der Waals surface area contributed by atoms with Crippen molar-refractivity contribution in [3.05, 3.63) is 67.9 Å². The molecule has 0 radical (unpaired) electrons. The van der Waals surface area contributed by atoms with Crippen molar-refractivity contribution in [1.29, 1.82) is 5.41 Å². The van der Waals surface area contributed by atoms with E-state index in [1.54, 1.807) is 23.1 Å². The van der Waals surface area contributed by atoms with Crippen LogP contribution in [-0.2, 0) is 4.79 Å². The van der Waals surface area contributed by atoms with E-state index in [0.717, 1.165) is 28.3 Å². The largest absolute Gasteiger partial charge is 0.316 e. The van der Waals surface area contributed by atoms with Crippen LogP contribution in [-0.4, -0.2) is 26.4 Å². The normalized spacial score (nSPS) is 17.9. The topological polar surface area (TPSA) is 61.5 Å². The minimum absolute atomic E-state index is 0.142. The summed E-state index contributed by atoms with van der Waals surface area (Å²) < 4.78 is 2.01. The highest BCUT2D eigenvalue weighted by Crippen LogP contribution is 2.33. The number of thioether (sulfide) groups is 1. The molecule has 0 spiro atoms. The zero-order valence-electron chi connectivity index (χ0n) is 15.4. The van der Waals surface area contributed by atoms with Crippen LogP contribution in [0.2, 0.25) is 10.0 Å². The van der Waals surface area contributed by atoms with Crippen molar-refractivity contribution in [1.82, 2.24) is 9.47 Å². The lowest BCUT2D eigenvalue weighted by molar-refractivity contribution is -0.114. The van der Waals surface area contributed by atoms with E-state index < -0.39 is 5.91 Å². The fourth-order valence-corrected chi connectivity index (χ4v) is 4.71. The second-order valence-corrected chi connectivity index (χ2v) is 8.26. The molecule has 0 fully saturated rings. The number of nitrogens with one attached hydrogen (secondary N) is 1. The number of fused-ring (bicyclic) bond motifs is 1. The highest BCUT2D eigenvalue weighted by Gasteiger charge is 2.34. The predicted molar refractivity (Wildman–Crippen MR) is 117 cm³/mol. The van der Waals surface area contributed by atoms with Crippen LogP contribution >= 0.6 is 35.0 Å². The minimum atomic E-state index is -0.402. The Morgan fingerprint density at radius 1 is 1.18 bits per heavy atom. The molecule has 1 aromatic heterocycles. The van der Waals surface area contributed by atoms with Gasteiger partial charge in [0.2, 0.25) is 0 Å². The number of aromatic nitrogens is 1. The molecule has 2 aliphatic heterocycles. The summed E-state index contributed by atoms with van der Waals surface area (Å²) >= 11 is 13.8. The molecule has 0 saturated heterocycles. The average molecular weight is 431 g/mol. The molecular formula is C20H16Cl2N4OS.